The summed E-state index contributed by atoms with van der Waals surface area (Å²) in [4.78, 5) is 0. The van der Waals surface area contributed by atoms with Gasteiger partial charge in [0.15, 0.2) is 0 Å². The molecule has 0 unspecified atom stereocenters. The summed E-state index contributed by atoms with van der Waals surface area (Å²) in [5.74, 6) is 0. The third kappa shape index (κ3) is 3.08. The highest BCUT2D eigenvalue weighted by atomic mass is 79.9. The second kappa shape index (κ2) is 4.97. The maximum absolute atomic E-state index is 12.0. The lowest BCUT2D eigenvalue weighted by Crippen LogP contribution is -2.30. The second-order valence-electron chi connectivity index (χ2n) is 4.35. The monoisotopic (exact) mass is 339 g/mol. The van der Waals surface area contributed by atoms with Crippen LogP contribution < -0.4 is 4.72 Å². The zero-order valence-corrected chi connectivity index (χ0v) is 12.4. The van der Waals surface area contributed by atoms with Crippen LogP contribution in [0.25, 0.3) is 0 Å². The lowest BCUT2D eigenvalue weighted by Gasteiger charge is -2.14. The molecule has 1 aliphatic carbocycles. The van der Waals surface area contributed by atoms with Crippen molar-refractivity contribution in [1.29, 1.82) is 0 Å². The van der Waals surface area contributed by atoms with Gasteiger partial charge in [-0.25, -0.2) is 13.1 Å². The standard InChI is InChI=1S/C10H14BrNO3S2/c11-8-1-6-16-9(8)17(14,15)12-7-10(2-3-10)4-5-13/h1,6,12-13H,2-5,7H2. The minimum atomic E-state index is -3.42. The average molecular weight is 340 g/mol. The summed E-state index contributed by atoms with van der Waals surface area (Å²) < 4.78 is 27.5. The Labute approximate surface area is 113 Å². The summed E-state index contributed by atoms with van der Waals surface area (Å²) in [6, 6.07) is 1.72. The first kappa shape index (κ1) is 13.5. The Hall–Kier alpha value is 0.0500. The average Bonchev–Trinajstić information content (AvgIpc) is 2.89. The molecular weight excluding hydrogens is 326 g/mol. The molecule has 1 fully saturated rings. The summed E-state index contributed by atoms with van der Waals surface area (Å²) in [5.41, 5.74) is -0.00838. The van der Waals surface area contributed by atoms with E-state index < -0.39 is 10.0 Å². The highest BCUT2D eigenvalue weighted by Crippen LogP contribution is 2.48. The van der Waals surface area contributed by atoms with Gasteiger partial charge in [-0.2, -0.15) is 0 Å². The first-order valence-electron chi connectivity index (χ1n) is 5.33. The summed E-state index contributed by atoms with van der Waals surface area (Å²) in [7, 11) is -3.42. The zero-order chi connectivity index (χ0) is 12.5. The number of aliphatic hydroxyl groups excluding tert-OH is 1. The van der Waals surface area contributed by atoms with E-state index in [1.165, 1.54) is 11.3 Å². The van der Waals surface area contributed by atoms with Gasteiger partial charge in [0.2, 0.25) is 0 Å². The van der Waals surface area contributed by atoms with Crippen LogP contribution in [-0.2, 0) is 10.0 Å². The van der Waals surface area contributed by atoms with E-state index in [1.54, 1.807) is 11.4 Å². The van der Waals surface area contributed by atoms with Crippen LogP contribution in [0, 0.1) is 5.41 Å². The van der Waals surface area contributed by atoms with Crippen molar-refractivity contribution in [2.45, 2.75) is 23.5 Å². The maximum Gasteiger partial charge on any atom is 0.251 e. The number of thiophene rings is 1. The van der Waals surface area contributed by atoms with Crippen molar-refractivity contribution in [1.82, 2.24) is 4.72 Å². The van der Waals surface area contributed by atoms with E-state index in [0.717, 1.165) is 12.8 Å². The molecule has 1 aliphatic rings. The molecular formula is C10H14BrNO3S2. The molecule has 1 saturated carbocycles. The summed E-state index contributed by atoms with van der Waals surface area (Å²) in [6.07, 6.45) is 2.64. The van der Waals surface area contributed by atoms with Gasteiger partial charge in [-0.1, -0.05) is 0 Å². The maximum atomic E-state index is 12.0. The fraction of sp³-hybridized carbons (Fsp3) is 0.600. The molecule has 0 atom stereocenters. The third-order valence-electron chi connectivity index (χ3n) is 3.06. The van der Waals surface area contributed by atoms with E-state index in [2.05, 4.69) is 20.7 Å². The van der Waals surface area contributed by atoms with Gasteiger partial charge in [-0.3, -0.25) is 0 Å². The van der Waals surface area contributed by atoms with E-state index in [1.807, 2.05) is 0 Å². The van der Waals surface area contributed by atoms with Crippen LogP contribution in [0.3, 0.4) is 0 Å². The Morgan fingerprint density at radius 1 is 1.53 bits per heavy atom. The molecule has 4 nitrogen and oxygen atoms in total. The molecule has 0 radical (unpaired) electrons. The van der Waals surface area contributed by atoms with Crippen LogP contribution in [0.2, 0.25) is 0 Å². The van der Waals surface area contributed by atoms with Crippen molar-refractivity contribution in [3.8, 4) is 0 Å². The molecule has 0 aromatic carbocycles. The highest BCUT2D eigenvalue weighted by molar-refractivity contribution is 9.10. The van der Waals surface area contributed by atoms with Crippen molar-refractivity contribution >= 4 is 37.3 Å². The van der Waals surface area contributed by atoms with Crippen molar-refractivity contribution < 1.29 is 13.5 Å². The molecule has 7 heteroatoms. The second-order valence-corrected chi connectivity index (χ2v) is 8.09. The zero-order valence-electron chi connectivity index (χ0n) is 9.15. The van der Waals surface area contributed by atoms with Gasteiger partial charge in [-0.05, 0) is 52.1 Å². The fourth-order valence-corrected chi connectivity index (χ4v) is 5.25. The van der Waals surface area contributed by atoms with Gasteiger partial charge in [0.05, 0.1) is 0 Å². The molecule has 2 rings (SSSR count). The molecule has 0 bridgehead atoms. The number of rotatable bonds is 6. The lowest BCUT2D eigenvalue weighted by atomic mass is 10.0. The van der Waals surface area contributed by atoms with Crippen molar-refractivity contribution in [3.63, 3.8) is 0 Å². The van der Waals surface area contributed by atoms with E-state index in [4.69, 9.17) is 5.11 Å². The van der Waals surface area contributed by atoms with Gasteiger partial charge in [0, 0.05) is 17.6 Å². The lowest BCUT2D eigenvalue weighted by molar-refractivity contribution is 0.249. The molecule has 1 aromatic rings. The fourth-order valence-electron chi connectivity index (χ4n) is 1.71. The molecule has 17 heavy (non-hydrogen) atoms. The molecule has 1 aromatic heterocycles. The van der Waals surface area contributed by atoms with Crippen LogP contribution in [0.4, 0.5) is 0 Å². The van der Waals surface area contributed by atoms with Crippen LogP contribution in [0.1, 0.15) is 19.3 Å². The number of hydrogen-bond acceptors (Lipinski definition) is 4. The molecule has 2 N–H and O–H groups in total. The molecule has 0 amide bonds. The van der Waals surface area contributed by atoms with Gasteiger partial charge < -0.3 is 5.11 Å². The SMILES string of the molecule is O=S(=O)(NCC1(CCO)CC1)c1sccc1Br. The first-order valence-corrected chi connectivity index (χ1v) is 8.48. The molecule has 96 valence electrons. The number of sulfonamides is 1. The van der Waals surface area contributed by atoms with Gasteiger partial charge in [-0.15, -0.1) is 11.3 Å². The topological polar surface area (TPSA) is 66.4 Å². The van der Waals surface area contributed by atoms with E-state index in [9.17, 15) is 8.42 Å². The molecule has 0 saturated heterocycles. The van der Waals surface area contributed by atoms with Crippen molar-refractivity contribution in [3.05, 3.63) is 15.9 Å². The highest BCUT2D eigenvalue weighted by Gasteiger charge is 2.42. The van der Waals surface area contributed by atoms with Gasteiger partial charge in [0.25, 0.3) is 10.0 Å². The van der Waals surface area contributed by atoms with Crippen LogP contribution in [0.5, 0.6) is 0 Å². The van der Waals surface area contributed by atoms with Gasteiger partial charge in [0.1, 0.15) is 4.21 Å². The number of aliphatic hydroxyl groups is 1. The largest absolute Gasteiger partial charge is 0.396 e. The quantitative estimate of drug-likeness (QED) is 0.832. The Kier molecular flexibility index (Phi) is 3.94. The number of halogens is 1. The first-order chi connectivity index (χ1) is 7.99. The van der Waals surface area contributed by atoms with Gasteiger partial charge >= 0.3 is 0 Å². The Morgan fingerprint density at radius 2 is 2.24 bits per heavy atom. The smallest absolute Gasteiger partial charge is 0.251 e. The van der Waals surface area contributed by atoms with Crippen molar-refractivity contribution in [2.75, 3.05) is 13.2 Å². The summed E-state index contributed by atoms with van der Waals surface area (Å²) in [5, 5.41) is 10.7. The van der Waals surface area contributed by atoms with Crippen LogP contribution in [0.15, 0.2) is 20.1 Å². The third-order valence-corrected chi connectivity index (χ3v) is 7.14. The molecule has 1 heterocycles. The normalized spacial score (nSPS) is 18.2. The van der Waals surface area contributed by atoms with E-state index >= 15 is 0 Å². The Morgan fingerprint density at radius 3 is 2.71 bits per heavy atom. The predicted molar refractivity (Wildman–Crippen MR) is 70.6 cm³/mol. The van der Waals surface area contributed by atoms with Crippen LogP contribution in [-0.4, -0.2) is 26.7 Å². The summed E-state index contributed by atoms with van der Waals surface area (Å²) in [6.45, 7) is 0.532. The predicted octanol–water partition coefficient (Wildman–Crippen LogP) is 1.95. The Balaban J connectivity index is 2.02. The minimum Gasteiger partial charge on any atom is -0.396 e. The number of nitrogens with one attached hydrogen (secondary N) is 1. The van der Waals surface area contributed by atoms with Crippen LogP contribution >= 0.6 is 27.3 Å². The van der Waals surface area contributed by atoms with E-state index in [-0.39, 0.29) is 12.0 Å². The molecule has 0 aliphatic heterocycles. The minimum absolute atomic E-state index is 0.00838. The van der Waals surface area contributed by atoms with Crippen molar-refractivity contribution in [2.24, 2.45) is 5.41 Å². The summed E-state index contributed by atoms with van der Waals surface area (Å²) >= 11 is 4.41. The molecule has 0 spiro atoms. The Bertz CT molecular complexity index is 493. The number of hydrogen-bond donors (Lipinski definition) is 2. The van der Waals surface area contributed by atoms with E-state index in [0.29, 0.717) is 21.6 Å².